The Morgan fingerprint density at radius 1 is 0.850 bits per heavy atom. The molecule has 0 spiro atoms. The first-order chi connectivity index (χ1) is 9.41. The van der Waals surface area contributed by atoms with Crippen molar-refractivity contribution in [2.75, 3.05) is 39.5 Å². The van der Waals surface area contributed by atoms with Crippen molar-refractivity contribution in [3.05, 3.63) is 0 Å². The van der Waals surface area contributed by atoms with Crippen LogP contribution in [0.25, 0.3) is 0 Å². The standard InChI is InChI=1S/C4H11NO.2C3H9NO.C2H7NO/c1-2-4(5)3-6;1-3(4)2-5;4-2-1-3-5;3-1-2-4/h4,6H,2-3,5H2,1H3;3,5H,2,4H2,1H3;5H,1-4H2;4H,1-3H2. The molecule has 0 rings (SSSR count). The summed E-state index contributed by atoms with van der Waals surface area (Å²) in [6, 6.07) is -0.0694. The van der Waals surface area contributed by atoms with E-state index in [-0.39, 0.29) is 38.5 Å². The van der Waals surface area contributed by atoms with Crippen LogP contribution in [-0.2, 0) is 0 Å². The van der Waals surface area contributed by atoms with Crippen molar-refractivity contribution in [2.24, 2.45) is 22.9 Å². The molecule has 0 aromatic rings. The molecule has 0 bridgehead atoms. The van der Waals surface area contributed by atoms with Crippen molar-refractivity contribution in [1.82, 2.24) is 0 Å². The normalized spacial score (nSPS) is 11.7. The highest BCUT2D eigenvalue weighted by molar-refractivity contribution is 4.51. The molecule has 0 fully saturated rings. The van der Waals surface area contributed by atoms with Crippen LogP contribution in [0.4, 0.5) is 0 Å². The maximum Gasteiger partial charge on any atom is 0.0582 e. The molecule has 128 valence electrons. The van der Waals surface area contributed by atoms with Gasteiger partial charge in [0, 0.05) is 25.2 Å². The molecule has 2 unspecified atom stereocenters. The van der Waals surface area contributed by atoms with Gasteiger partial charge in [-0.3, -0.25) is 0 Å². The van der Waals surface area contributed by atoms with Crippen molar-refractivity contribution < 1.29 is 20.4 Å². The fourth-order valence-corrected chi connectivity index (χ4v) is 0.220. The summed E-state index contributed by atoms with van der Waals surface area (Å²) in [5, 5.41) is 32.0. The Morgan fingerprint density at radius 2 is 1.25 bits per heavy atom. The van der Waals surface area contributed by atoms with Crippen LogP contribution in [0.3, 0.4) is 0 Å². The maximum atomic E-state index is 8.21. The molecule has 8 heteroatoms. The summed E-state index contributed by atoms with van der Waals surface area (Å²) in [6.45, 7) is 5.17. The van der Waals surface area contributed by atoms with Crippen LogP contribution in [-0.4, -0.2) is 72.0 Å². The van der Waals surface area contributed by atoms with Gasteiger partial charge in [0.1, 0.15) is 0 Å². The molecule has 0 aromatic carbocycles. The van der Waals surface area contributed by atoms with Crippen molar-refractivity contribution in [1.29, 1.82) is 0 Å². The first kappa shape index (κ1) is 27.9. The molecule has 0 heterocycles. The molecule has 20 heavy (non-hydrogen) atoms. The van der Waals surface area contributed by atoms with Crippen LogP contribution in [0.2, 0.25) is 0 Å². The van der Waals surface area contributed by atoms with Crippen molar-refractivity contribution in [2.45, 2.75) is 38.8 Å². The lowest BCUT2D eigenvalue weighted by atomic mass is 10.3. The third-order valence-electron chi connectivity index (χ3n) is 1.54. The Balaban J connectivity index is -0.0000000862. The summed E-state index contributed by atoms with van der Waals surface area (Å²) in [6.07, 6.45) is 1.58. The Bertz CT molecular complexity index is 124. The van der Waals surface area contributed by atoms with Crippen LogP contribution in [0.5, 0.6) is 0 Å². The number of aliphatic hydroxyl groups excluding tert-OH is 4. The average molecular weight is 300 g/mol. The number of nitrogens with two attached hydrogens (primary N) is 4. The van der Waals surface area contributed by atoms with Gasteiger partial charge >= 0.3 is 0 Å². The zero-order chi connectivity index (χ0) is 16.8. The van der Waals surface area contributed by atoms with Gasteiger partial charge in [-0.05, 0) is 26.3 Å². The molecule has 8 nitrogen and oxygen atoms in total. The molecule has 0 aliphatic carbocycles. The molecule has 0 saturated carbocycles. The van der Waals surface area contributed by atoms with Gasteiger partial charge in [0.2, 0.25) is 0 Å². The zero-order valence-electron chi connectivity index (χ0n) is 12.9. The lowest BCUT2D eigenvalue weighted by molar-refractivity contribution is 0.263. The van der Waals surface area contributed by atoms with Gasteiger partial charge in [-0.2, -0.15) is 0 Å². The monoisotopic (exact) mass is 300 g/mol. The minimum Gasteiger partial charge on any atom is -0.396 e. The van der Waals surface area contributed by atoms with Gasteiger partial charge in [-0.25, -0.2) is 0 Å². The van der Waals surface area contributed by atoms with Crippen LogP contribution < -0.4 is 22.9 Å². The third kappa shape index (κ3) is 65.3. The zero-order valence-corrected chi connectivity index (χ0v) is 12.9. The van der Waals surface area contributed by atoms with Crippen molar-refractivity contribution >= 4 is 0 Å². The summed E-state index contributed by atoms with van der Waals surface area (Å²) >= 11 is 0. The largest absolute Gasteiger partial charge is 0.396 e. The van der Waals surface area contributed by atoms with E-state index in [1.807, 2.05) is 6.92 Å². The van der Waals surface area contributed by atoms with E-state index >= 15 is 0 Å². The average Bonchev–Trinajstić information content (AvgIpc) is 2.48. The lowest BCUT2D eigenvalue weighted by Gasteiger charge is -1.98. The number of rotatable bonds is 6. The second-order valence-electron chi connectivity index (χ2n) is 3.89. The van der Waals surface area contributed by atoms with E-state index in [1.165, 1.54) is 0 Å². The molecular formula is C12H36N4O4. The molecular weight excluding hydrogens is 264 g/mol. The third-order valence-corrected chi connectivity index (χ3v) is 1.54. The fraction of sp³-hybridized carbons (Fsp3) is 1.00. The van der Waals surface area contributed by atoms with E-state index < -0.39 is 0 Å². The molecule has 0 aliphatic heterocycles. The predicted molar refractivity (Wildman–Crippen MR) is 83.0 cm³/mol. The Morgan fingerprint density at radius 3 is 1.25 bits per heavy atom. The SMILES string of the molecule is CC(N)CO.CCC(N)CO.NCCCO.NCCO. The van der Waals surface area contributed by atoms with Crippen LogP contribution in [0.15, 0.2) is 0 Å². The molecule has 0 radical (unpaired) electrons. The predicted octanol–water partition coefficient (Wildman–Crippen LogP) is -2.69. The molecule has 0 amide bonds. The van der Waals surface area contributed by atoms with Gasteiger partial charge in [0.15, 0.2) is 0 Å². The van der Waals surface area contributed by atoms with Gasteiger partial charge in [0.25, 0.3) is 0 Å². The van der Waals surface area contributed by atoms with Gasteiger partial charge in [0.05, 0.1) is 19.8 Å². The summed E-state index contributed by atoms with van der Waals surface area (Å²) in [5.41, 5.74) is 20.0. The quantitative estimate of drug-likeness (QED) is 0.260. The number of aliphatic hydroxyl groups is 4. The number of hydrogen-bond donors (Lipinski definition) is 8. The van der Waals surface area contributed by atoms with E-state index in [2.05, 4.69) is 0 Å². The highest BCUT2D eigenvalue weighted by atomic mass is 16.3. The van der Waals surface area contributed by atoms with Gasteiger partial charge in [-0.1, -0.05) is 6.92 Å². The topological polar surface area (TPSA) is 185 Å². The Hall–Kier alpha value is -0.320. The first-order valence-corrected chi connectivity index (χ1v) is 6.76. The minimum absolute atomic E-state index is 0.00926. The van der Waals surface area contributed by atoms with Gasteiger partial charge in [-0.15, -0.1) is 0 Å². The van der Waals surface area contributed by atoms with Crippen molar-refractivity contribution in [3.63, 3.8) is 0 Å². The lowest BCUT2D eigenvalue weighted by Crippen LogP contribution is -2.22. The van der Waals surface area contributed by atoms with E-state index in [9.17, 15) is 0 Å². The first-order valence-electron chi connectivity index (χ1n) is 6.76. The minimum atomic E-state index is -0.0602. The molecule has 0 saturated heterocycles. The smallest absolute Gasteiger partial charge is 0.0582 e. The summed E-state index contributed by atoms with van der Waals surface area (Å²) in [4.78, 5) is 0. The van der Waals surface area contributed by atoms with E-state index in [4.69, 9.17) is 43.4 Å². The van der Waals surface area contributed by atoms with Gasteiger partial charge < -0.3 is 43.4 Å². The second-order valence-corrected chi connectivity index (χ2v) is 3.89. The molecule has 2 atom stereocenters. The number of hydrogen-bond acceptors (Lipinski definition) is 8. The van der Waals surface area contributed by atoms with Crippen LogP contribution >= 0.6 is 0 Å². The van der Waals surface area contributed by atoms with E-state index in [0.29, 0.717) is 13.1 Å². The second kappa shape index (κ2) is 31.2. The summed E-state index contributed by atoms with van der Waals surface area (Å²) in [5.74, 6) is 0. The van der Waals surface area contributed by atoms with Crippen LogP contribution in [0, 0.1) is 0 Å². The Labute approximate surface area is 122 Å². The fourth-order valence-electron chi connectivity index (χ4n) is 0.220. The van der Waals surface area contributed by atoms with E-state index in [1.54, 1.807) is 6.92 Å². The highest BCUT2D eigenvalue weighted by Crippen LogP contribution is 1.79. The van der Waals surface area contributed by atoms with E-state index in [0.717, 1.165) is 12.8 Å². The molecule has 0 aromatic heterocycles. The maximum absolute atomic E-state index is 8.21. The summed E-state index contributed by atoms with van der Waals surface area (Å²) < 4.78 is 0. The molecule has 0 aliphatic rings. The highest BCUT2D eigenvalue weighted by Gasteiger charge is 1.90. The van der Waals surface area contributed by atoms with Crippen LogP contribution in [0.1, 0.15) is 26.7 Å². The summed E-state index contributed by atoms with van der Waals surface area (Å²) in [7, 11) is 0. The van der Waals surface area contributed by atoms with Crippen molar-refractivity contribution in [3.8, 4) is 0 Å². The Kier molecular flexibility index (Phi) is 43.6. The molecule has 12 N–H and O–H groups in total.